The van der Waals surface area contributed by atoms with Gasteiger partial charge in [0.2, 0.25) is 0 Å². The van der Waals surface area contributed by atoms with Crippen molar-refractivity contribution in [3.63, 3.8) is 0 Å². The van der Waals surface area contributed by atoms with Crippen LogP contribution in [0.1, 0.15) is 43.4 Å². The third-order valence-electron chi connectivity index (χ3n) is 5.06. The molecule has 4 rings (SSSR count). The largest absolute Gasteiger partial charge is 0.459 e. The average Bonchev–Trinajstić information content (AvgIpc) is 2.88. The van der Waals surface area contributed by atoms with E-state index in [2.05, 4.69) is 21.6 Å². The number of fused-ring (bicyclic) bond motifs is 4. The predicted octanol–water partition coefficient (Wildman–Crippen LogP) is 4.44. The summed E-state index contributed by atoms with van der Waals surface area (Å²) < 4.78 is 6.20. The fourth-order valence-corrected chi connectivity index (χ4v) is 4.39. The molecule has 2 aliphatic rings. The van der Waals surface area contributed by atoms with E-state index in [1.54, 1.807) is 0 Å². The number of hydrogen-bond donors (Lipinski definition) is 2. The zero-order valence-corrected chi connectivity index (χ0v) is 14.8. The van der Waals surface area contributed by atoms with Crippen molar-refractivity contribution >= 4 is 34.3 Å². The summed E-state index contributed by atoms with van der Waals surface area (Å²) in [4.78, 5) is 14.3. The summed E-state index contributed by atoms with van der Waals surface area (Å²) in [7, 11) is 4.03. The van der Waals surface area contributed by atoms with Gasteiger partial charge in [-0.15, -0.1) is 0 Å². The summed E-state index contributed by atoms with van der Waals surface area (Å²) in [5.74, 6) is 0.905. The highest BCUT2D eigenvalue weighted by molar-refractivity contribution is 6.35. The Morgan fingerprint density at radius 3 is 2.71 bits per heavy atom. The summed E-state index contributed by atoms with van der Waals surface area (Å²) in [5.41, 5.74) is 2.21. The number of nitrogens with zero attached hydrogens (tertiary/aromatic N) is 1. The van der Waals surface area contributed by atoms with Gasteiger partial charge in [-0.05, 0) is 39.1 Å². The third-order valence-corrected chi connectivity index (χ3v) is 5.36. The maximum Gasteiger partial charge on any atom is 0.319 e. The van der Waals surface area contributed by atoms with Gasteiger partial charge in [-0.3, -0.25) is 0 Å². The highest BCUT2D eigenvalue weighted by atomic mass is 35.5. The normalized spacial score (nSPS) is 19.4. The molecule has 24 heavy (non-hydrogen) atoms. The van der Waals surface area contributed by atoms with E-state index < -0.39 is 0 Å². The van der Waals surface area contributed by atoms with Crippen molar-refractivity contribution in [1.29, 1.82) is 0 Å². The van der Waals surface area contributed by atoms with Crippen molar-refractivity contribution in [2.75, 3.05) is 19.4 Å². The molecule has 1 spiro atoms. The molecule has 0 radical (unpaired) electrons. The molecule has 1 aromatic heterocycles. The van der Waals surface area contributed by atoms with Crippen LogP contribution in [0.5, 0.6) is 0 Å². The Morgan fingerprint density at radius 2 is 2.00 bits per heavy atom. The molecule has 0 unspecified atom stereocenters. The van der Waals surface area contributed by atoms with Gasteiger partial charge in [-0.1, -0.05) is 30.9 Å². The lowest BCUT2D eigenvalue weighted by Gasteiger charge is -2.42. The van der Waals surface area contributed by atoms with Crippen LogP contribution in [0.2, 0.25) is 5.02 Å². The Bertz CT molecular complexity index is 806. The number of urea groups is 1. The first-order valence-electron chi connectivity index (χ1n) is 8.48. The minimum atomic E-state index is -0.369. The second-order valence-corrected chi connectivity index (χ2v) is 7.61. The summed E-state index contributed by atoms with van der Waals surface area (Å²) in [6, 6.07) is 3.76. The Morgan fingerprint density at radius 1 is 1.25 bits per heavy atom. The zero-order valence-electron chi connectivity index (χ0n) is 14.0. The van der Waals surface area contributed by atoms with Crippen molar-refractivity contribution in [3.8, 4) is 0 Å². The number of hydrogen-bond acceptors (Lipinski definition) is 3. The quantitative estimate of drug-likeness (QED) is 0.844. The van der Waals surface area contributed by atoms with E-state index in [0.29, 0.717) is 10.7 Å². The molecule has 0 saturated heterocycles. The van der Waals surface area contributed by atoms with Crippen LogP contribution < -0.4 is 10.6 Å². The van der Waals surface area contributed by atoms with Crippen molar-refractivity contribution in [1.82, 2.24) is 10.2 Å². The first kappa shape index (κ1) is 15.8. The van der Waals surface area contributed by atoms with Gasteiger partial charge in [0.25, 0.3) is 0 Å². The lowest BCUT2D eigenvalue weighted by molar-refractivity contribution is 0.208. The Balaban J connectivity index is 1.95. The Hall–Kier alpha value is -1.72. The van der Waals surface area contributed by atoms with Gasteiger partial charge in [0, 0.05) is 10.9 Å². The number of carbonyl (C=O) groups excluding carboxylic acids is 1. The molecule has 1 aromatic carbocycles. The number of halogens is 1. The van der Waals surface area contributed by atoms with Crippen LogP contribution in [0.4, 0.5) is 10.5 Å². The van der Waals surface area contributed by atoms with Crippen molar-refractivity contribution in [2.24, 2.45) is 0 Å². The van der Waals surface area contributed by atoms with Crippen LogP contribution in [0.3, 0.4) is 0 Å². The molecular formula is C18H22ClN3O2. The molecule has 2 amide bonds. The molecule has 1 fully saturated rings. The summed E-state index contributed by atoms with van der Waals surface area (Å²) >= 11 is 6.51. The molecular weight excluding hydrogens is 326 g/mol. The minimum Gasteiger partial charge on any atom is -0.459 e. The molecule has 0 bridgehead atoms. The van der Waals surface area contributed by atoms with Crippen LogP contribution in [0, 0.1) is 0 Å². The first-order valence-corrected chi connectivity index (χ1v) is 8.86. The molecule has 128 valence electrons. The zero-order chi connectivity index (χ0) is 16.9. The number of anilines is 1. The highest BCUT2D eigenvalue weighted by Gasteiger charge is 2.43. The van der Waals surface area contributed by atoms with E-state index in [9.17, 15) is 4.79 Å². The van der Waals surface area contributed by atoms with Crippen LogP contribution >= 0.6 is 11.6 Å². The fraction of sp³-hybridized carbons (Fsp3) is 0.500. The minimum absolute atomic E-state index is 0.175. The van der Waals surface area contributed by atoms with Crippen LogP contribution in [-0.2, 0) is 12.1 Å². The summed E-state index contributed by atoms with van der Waals surface area (Å²) in [6.45, 7) is 0.730. The van der Waals surface area contributed by atoms with E-state index in [1.807, 2.05) is 20.2 Å². The van der Waals surface area contributed by atoms with Gasteiger partial charge >= 0.3 is 6.03 Å². The fourth-order valence-electron chi connectivity index (χ4n) is 4.13. The maximum absolute atomic E-state index is 12.2. The van der Waals surface area contributed by atoms with Gasteiger partial charge in [0.05, 0.1) is 22.8 Å². The van der Waals surface area contributed by atoms with E-state index in [4.69, 9.17) is 16.0 Å². The second kappa shape index (κ2) is 5.67. The summed E-state index contributed by atoms with van der Waals surface area (Å²) in [5, 5.41) is 7.64. The van der Waals surface area contributed by atoms with E-state index in [-0.39, 0.29) is 11.6 Å². The Kier molecular flexibility index (Phi) is 3.73. The predicted molar refractivity (Wildman–Crippen MR) is 95.5 cm³/mol. The Labute approximate surface area is 146 Å². The topological polar surface area (TPSA) is 57.5 Å². The van der Waals surface area contributed by atoms with Crippen LogP contribution in [-0.4, -0.2) is 25.0 Å². The number of benzene rings is 1. The van der Waals surface area contributed by atoms with Gasteiger partial charge in [-0.2, -0.15) is 0 Å². The van der Waals surface area contributed by atoms with Crippen molar-refractivity contribution in [2.45, 2.75) is 44.2 Å². The number of rotatable bonds is 2. The highest BCUT2D eigenvalue weighted by Crippen LogP contribution is 2.48. The number of nitrogens with one attached hydrogen (secondary N) is 2. The summed E-state index contributed by atoms with van der Waals surface area (Å²) in [6.07, 6.45) is 5.24. The monoisotopic (exact) mass is 347 g/mol. The van der Waals surface area contributed by atoms with Gasteiger partial charge in [0.1, 0.15) is 11.3 Å². The van der Waals surface area contributed by atoms with Crippen LogP contribution in [0.25, 0.3) is 11.0 Å². The smallest absolute Gasteiger partial charge is 0.319 e. The standard InChI is InChI=1S/C18H22ClN3O2/c1-22(2)10-12-8-11-9-13(19)15-14(16(11)24-12)18(21-17(23)20-15)6-4-3-5-7-18/h8-9H,3-7,10H2,1-2H3,(H2,20,21,23). The van der Waals surface area contributed by atoms with Crippen molar-refractivity contribution in [3.05, 3.63) is 28.5 Å². The van der Waals surface area contributed by atoms with Crippen LogP contribution in [0.15, 0.2) is 16.5 Å². The first-order chi connectivity index (χ1) is 11.5. The molecule has 1 saturated carbocycles. The van der Waals surface area contributed by atoms with Crippen molar-refractivity contribution < 1.29 is 9.21 Å². The third kappa shape index (κ3) is 2.47. The molecule has 0 atom stereocenters. The lowest BCUT2D eigenvalue weighted by Crippen LogP contribution is -2.52. The molecule has 1 aliphatic carbocycles. The van der Waals surface area contributed by atoms with Gasteiger partial charge in [-0.25, -0.2) is 4.79 Å². The molecule has 2 heterocycles. The number of amides is 2. The van der Waals surface area contributed by atoms with E-state index in [1.165, 1.54) is 6.42 Å². The molecule has 1 aliphatic heterocycles. The molecule has 2 N–H and O–H groups in total. The lowest BCUT2D eigenvalue weighted by atomic mass is 9.74. The van der Waals surface area contributed by atoms with E-state index in [0.717, 1.165) is 54.5 Å². The SMILES string of the molecule is CN(C)Cc1cc2cc(Cl)c3c(c2o1)C1(CCCCC1)NC(=O)N3. The molecule has 2 aromatic rings. The average molecular weight is 348 g/mol. The molecule has 5 nitrogen and oxygen atoms in total. The van der Waals surface area contributed by atoms with Gasteiger partial charge in [0.15, 0.2) is 0 Å². The maximum atomic E-state index is 12.2. The van der Waals surface area contributed by atoms with E-state index >= 15 is 0 Å². The molecule has 6 heteroatoms. The van der Waals surface area contributed by atoms with Gasteiger partial charge < -0.3 is 20.0 Å². The number of carbonyl (C=O) groups is 1. The number of furan rings is 1. The second-order valence-electron chi connectivity index (χ2n) is 7.20.